The molecule has 2 rings (SSSR count). The van der Waals surface area contributed by atoms with Crippen molar-refractivity contribution in [3.8, 4) is 0 Å². The van der Waals surface area contributed by atoms with E-state index in [9.17, 15) is 15.0 Å². The summed E-state index contributed by atoms with van der Waals surface area (Å²) in [6.45, 7) is 6.57. The van der Waals surface area contributed by atoms with E-state index in [1.165, 1.54) is 7.11 Å². The van der Waals surface area contributed by atoms with Gasteiger partial charge in [-0.25, -0.2) is 4.79 Å². The Labute approximate surface area is 125 Å². The van der Waals surface area contributed by atoms with Gasteiger partial charge in [-0.15, -0.1) is 0 Å². The van der Waals surface area contributed by atoms with Crippen molar-refractivity contribution in [3.63, 3.8) is 0 Å². The number of fused-ring (bicyclic) bond motifs is 1. The molecule has 0 radical (unpaired) electrons. The summed E-state index contributed by atoms with van der Waals surface area (Å²) in [6.07, 6.45) is 1.25. The summed E-state index contributed by atoms with van der Waals surface area (Å²) in [5.74, 6) is -0.641. The molecule has 0 aliphatic carbocycles. The number of carbonyl (C=O) groups is 1. The zero-order valence-electron chi connectivity index (χ0n) is 13.1. The van der Waals surface area contributed by atoms with Gasteiger partial charge >= 0.3 is 5.97 Å². The minimum atomic E-state index is -1.72. The molecular formula is C15H25NO5. The normalized spacial score (nSPS) is 30.0. The predicted octanol–water partition coefficient (Wildman–Crippen LogP) is 0.284. The first kappa shape index (κ1) is 16.4. The van der Waals surface area contributed by atoms with E-state index < -0.39 is 23.8 Å². The van der Waals surface area contributed by atoms with Crippen molar-refractivity contribution in [2.45, 2.75) is 51.0 Å². The third-order valence-corrected chi connectivity index (χ3v) is 4.68. The van der Waals surface area contributed by atoms with Crippen molar-refractivity contribution in [1.82, 2.24) is 4.90 Å². The highest BCUT2D eigenvalue weighted by Crippen LogP contribution is 2.32. The molecule has 2 aliphatic heterocycles. The molecule has 0 bridgehead atoms. The molecule has 0 saturated carbocycles. The van der Waals surface area contributed by atoms with Crippen LogP contribution in [0.3, 0.4) is 0 Å². The number of hydrogen-bond donors (Lipinski definition) is 2. The Morgan fingerprint density at radius 1 is 1.48 bits per heavy atom. The fraction of sp³-hybridized carbons (Fsp3) is 0.800. The van der Waals surface area contributed by atoms with Crippen molar-refractivity contribution in [2.24, 2.45) is 5.92 Å². The summed E-state index contributed by atoms with van der Waals surface area (Å²) < 4.78 is 10.6. The molecule has 21 heavy (non-hydrogen) atoms. The van der Waals surface area contributed by atoms with Gasteiger partial charge in [0, 0.05) is 20.2 Å². The topological polar surface area (TPSA) is 79.2 Å². The predicted molar refractivity (Wildman–Crippen MR) is 76.4 cm³/mol. The second kappa shape index (κ2) is 6.04. The molecule has 0 aromatic rings. The average Bonchev–Trinajstić information content (AvgIpc) is 3.01. The highest BCUT2D eigenvalue weighted by atomic mass is 16.6. The molecule has 2 aliphatic rings. The van der Waals surface area contributed by atoms with E-state index in [0.29, 0.717) is 18.7 Å². The van der Waals surface area contributed by atoms with Gasteiger partial charge in [0.25, 0.3) is 0 Å². The lowest BCUT2D eigenvalue weighted by molar-refractivity contribution is -0.184. The van der Waals surface area contributed by atoms with Crippen LogP contribution in [0.25, 0.3) is 0 Å². The maximum atomic E-state index is 12.5. The summed E-state index contributed by atoms with van der Waals surface area (Å²) in [7, 11) is 1.45. The Hall–Kier alpha value is -0.950. The number of aliphatic hydroxyl groups excluding tert-OH is 1. The zero-order chi connectivity index (χ0) is 15.8. The van der Waals surface area contributed by atoms with Crippen LogP contribution < -0.4 is 0 Å². The number of ether oxygens (including phenoxy) is 2. The molecule has 0 unspecified atom stereocenters. The smallest absolute Gasteiger partial charge is 0.346 e. The minimum absolute atomic E-state index is 0.275. The maximum Gasteiger partial charge on any atom is 0.346 e. The maximum absolute atomic E-state index is 12.5. The minimum Gasteiger partial charge on any atom is -0.427 e. The second-order valence-electron chi connectivity index (χ2n) is 6.15. The summed E-state index contributed by atoms with van der Waals surface area (Å²) in [4.78, 5) is 14.5. The van der Waals surface area contributed by atoms with E-state index in [4.69, 9.17) is 9.47 Å². The number of aliphatic hydroxyl groups is 2. The largest absolute Gasteiger partial charge is 0.427 e. The first-order valence-corrected chi connectivity index (χ1v) is 7.42. The fourth-order valence-corrected chi connectivity index (χ4v) is 3.08. The first-order chi connectivity index (χ1) is 9.82. The number of esters is 1. The number of rotatable bonds is 5. The average molecular weight is 299 g/mol. The van der Waals surface area contributed by atoms with Crippen molar-refractivity contribution in [2.75, 3.05) is 20.2 Å². The Kier molecular flexibility index (Phi) is 4.72. The van der Waals surface area contributed by atoms with Crippen LogP contribution in [0.2, 0.25) is 0 Å². The summed E-state index contributed by atoms with van der Waals surface area (Å²) in [5, 5.41) is 20.7. The van der Waals surface area contributed by atoms with Crippen LogP contribution in [0.5, 0.6) is 0 Å². The monoisotopic (exact) mass is 299 g/mol. The van der Waals surface area contributed by atoms with Crippen LogP contribution in [0, 0.1) is 5.92 Å². The van der Waals surface area contributed by atoms with Crippen LogP contribution in [0.4, 0.5) is 0 Å². The SMILES string of the molecule is CO[C@@H](C)[C@](O)(C(=O)OC1=CCN2CC[C@@H](O)[C@H]12)C(C)C. The molecule has 2 N–H and O–H groups in total. The second-order valence-corrected chi connectivity index (χ2v) is 6.15. The highest BCUT2D eigenvalue weighted by Gasteiger charge is 2.49. The van der Waals surface area contributed by atoms with Crippen LogP contribution >= 0.6 is 0 Å². The van der Waals surface area contributed by atoms with Gasteiger partial charge in [0.15, 0.2) is 5.60 Å². The number of methoxy groups -OCH3 is 1. The molecule has 0 aromatic carbocycles. The molecule has 0 amide bonds. The molecule has 4 atom stereocenters. The Morgan fingerprint density at radius 3 is 2.71 bits per heavy atom. The lowest BCUT2D eigenvalue weighted by Gasteiger charge is -2.34. The van der Waals surface area contributed by atoms with Crippen LogP contribution in [0.15, 0.2) is 11.8 Å². The standard InChI is InChI=1S/C15H25NO5/c1-9(2)15(19,10(3)20-4)14(18)21-12-6-8-16-7-5-11(17)13(12)16/h6,9-11,13,17,19H,5,7-8H2,1-4H3/t10-,11+,13+,15-/m0/s1. The molecule has 1 saturated heterocycles. The van der Waals surface area contributed by atoms with Crippen LogP contribution in [-0.4, -0.2) is 65.1 Å². The van der Waals surface area contributed by atoms with Gasteiger partial charge in [0.05, 0.1) is 18.2 Å². The molecule has 1 fully saturated rings. The zero-order valence-corrected chi connectivity index (χ0v) is 13.1. The molecule has 0 aromatic heterocycles. The molecule has 120 valence electrons. The highest BCUT2D eigenvalue weighted by molar-refractivity contribution is 5.81. The first-order valence-electron chi connectivity index (χ1n) is 7.42. The lowest BCUT2D eigenvalue weighted by atomic mass is 9.85. The van der Waals surface area contributed by atoms with E-state index in [-0.39, 0.29) is 12.0 Å². The van der Waals surface area contributed by atoms with Gasteiger partial charge in [-0.05, 0) is 25.3 Å². The number of nitrogens with zero attached hydrogens (tertiary/aromatic N) is 1. The fourth-order valence-electron chi connectivity index (χ4n) is 3.08. The molecule has 2 heterocycles. The van der Waals surface area contributed by atoms with E-state index in [0.717, 1.165) is 6.54 Å². The third kappa shape index (κ3) is 2.73. The van der Waals surface area contributed by atoms with Crippen molar-refractivity contribution >= 4 is 5.97 Å². The van der Waals surface area contributed by atoms with Crippen molar-refractivity contribution in [3.05, 3.63) is 11.8 Å². The van der Waals surface area contributed by atoms with Crippen molar-refractivity contribution < 1.29 is 24.5 Å². The number of carbonyl (C=O) groups excluding carboxylic acids is 1. The van der Waals surface area contributed by atoms with E-state index in [1.54, 1.807) is 26.8 Å². The van der Waals surface area contributed by atoms with E-state index in [1.807, 2.05) is 0 Å². The molecular weight excluding hydrogens is 274 g/mol. The Balaban J connectivity index is 2.13. The van der Waals surface area contributed by atoms with Gasteiger partial charge in [-0.2, -0.15) is 0 Å². The van der Waals surface area contributed by atoms with E-state index in [2.05, 4.69) is 4.90 Å². The lowest BCUT2D eigenvalue weighted by Crippen LogP contribution is -2.54. The van der Waals surface area contributed by atoms with E-state index >= 15 is 0 Å². The summed E-state index contributed by atoms with van der Waals surface area (Å²) in [6, 6.07) is -0.275. The Morgan fingerprint density at radius 2 is 2.14 bits per heavy atom. The summed E-state index contributed by atoms with van der Waals surface area (Å²) in [5.41, 5.74) is -1.72. The van der Waals surface area contributed by atoms with Gasteiger partial charge in [0.1, 0.15) is 5.76 Å². The number of hydrogen-bond acceptors (Lipinski definition) is 6. The third-order valence-electron chi connectivity index (χ3n) is 4.68. The van der Waals surface area contributed by atoms with Gasteiger partial charge < -0.3 is 19.7 Å². The molecule has 6 nitrogen and oxygen atoms in total. The molecule has 6 heteroatoms. The summed E-state index contributed by atoms with van der Waals surface area (Å²) >= 11 is 0. The van der Waals surface area contributed by atoms with Crippen LogP contribution in [0.1, 0.15) is 27.2 Å². The molecule has 0 spiro atoms. The van der Waals surface area contributed by atoms with Gasteiger partial charge in [-0.1, -0.05) is 13.8 Å². The Bertz CT molecular complexity index is 436. The van der Waals surface area contributed by atoms with Gasteiger partial charge in [0.2, 0.25) is 0 Å². The van der Waals surface area contributed by atoms with Crippen LogP contribution in [-0.2, 0) is 14.3 Å². The van der Waals surface area contributed by atoms with Gasteiger partial charge in [-0.3, -0.25) is 4.90 Å². The quantitative estimate of drug-likeness (QED) is 0.710. The van der Waals surface area contributed by atoms with Crippen molar-refractivity contribution in [1.29, 1.82) is 0 Å².